The number of anilines is 1. The normalized spacial score (nSPS) is 17.5. The van der Waals surface area contributed by atoms with Crippen LogP contribution in [-0.2, 0) is 0 Å². The summed E-state index contributed by atoms with van der Waals surface area (Å²) in [5.41, 5.74) is 1.11. The maximum absolute atomic E-state index is 4.52. The molecule has 1 aromatic heterocycles. The first kappa shape index (κ1) is 17.9. The van der Waals surface area contributed by atoms with Gasteiger partial charge in [-0.05, 0) is 52.5 Å². The van der Waals surface area contributed by atoms with E-state index < -0.39 is 0 Å². The summed E-state index contributed by atoms with van der Waals surface area (Å²) in [6.45, 7) is 10.7. The largest absolute Gasteiger partial charge is 0.356 e. The molecule has 2 rings (SSSR count). The first-order chi connectivity index (χ1) is 8.99. The Kier molecular flexibility index (Phi) is 9.23. The molecule has 1 unspecified atom stereocenters. The van der Waals surface area contributed by atoms with Crippen molar-refractivity contribution >= 4 is 5.82 Å². The van der Waals surface area contributed by atoms with E-state index in [1.165, 1.54) is 6.42 Å². The van der Waals surface area contributed by atoms with Crippen LogP contribution >= 0.6 is 0 Å². The lowest BCUT2D eigenvalue weighted by atomic mass is 10.2. The van der Waals surface area contributed by atoms with Gasteiger partial charge in [0.2, 0.25) is 0 Å². The molecular weight excluding hydrogens is 234 g/mol. The molecule has 1 saturated heterocycles. The average Bonchev–Trinajstić information content (AvgIpc) is 2.78. The van der Waals surface area contributed by atoms with Gasteiger partial charge in [0, 0.05) is 18.8 Å². The van der Waals surface area contributed by atoms with Crippen molar-refractivity contribution in [1.29, 1.82) is 0 Å². The van der Waals surface area contributed by atoms with E-state index in [0.717, 1.165) is 30.5 Å². The predicted octanol–water partition coefficient (Wildman–Crippen LogP) is 3.44. The lowest BCUT2D eigenvalue weighted by molar-refractivity contribution is 0.505. The summed E-state index contributed by atoms with van der Waals surface area (Å²) in [5.74, 6) is 1.96. The summed E-state index contributed by atoms with van der Waals surface area (Å²) in [6, 6.07) is 6.23. The fraction of sp³-hybridized carbons (Fsp3) is 0.688. The second-order valence-corrected chi connectivity index (χ2v) is 5.32. The van der Waals surface area contributed by atoms with Crippen LogP contribution in [0, 0.1) is 12.8 Å². The summed E-state index contributed by atoms with van der Waals surface area (Å²) >= 11 is 0. The van der Waals surface area contributed by atoms with Crippen LogP contribution in [0.4, 0.5) is 5.82 Å². The van der Waals surface area contributed by atoms with E-state index in [-0.39, 0.29) is 0 Å². The van der Waals surface area contributed by atoms with Gasteiger partial charge in [-0.1, -0.05) is 26.8 Å². The summed E-state index contributed by atoms with van der Waals surface area (Å²) in [6.07, 6.45) is 1.30. The van der Waals surface area contributed by atoms with Crippen LogP contribution in [0.15, 0.2) is 18.2 Å². The zero-order chi connectivity index (χ0) is 14.8. The number of hydrogen-bond donors (Lipinski definition) is 0. The molecule has 1 aliphatic rings. The number of aryl methyl sites for hydroxylation is 1. The Hall–Kier alpha value is -1.09. The van der Waals surface area contributed by atoms with E-state index in [1.807, 2.05) is 52.9 Å². The minimum atomic E-state index is 0.822. The molecular formula is C16H31N3. The molecule has 0 spiro atoms. The topological polar surface area (TPSA) is 19.4 Å². The quantitative estimate of drug-likeness (QED) is 0.775. The van der Waals surface area contributed by atoms with E-state index in [2.05, 4.69) is 28.9 Å². The zero-order valence-corrected chi connectivity index (χ0v) is 13.8. The Morgan fingerprint density at radius 1 is 1.21 bits per heavy atom. The van der Waals surface area contributed by atoms with Crippen molar-refractivity contribution in [2.45, 2.75) is 34.1 Å². The Balaban J connectivity index is 0.000000467. The average molecular weight is 265 g/mol. The first-order valence-electron chi connectivity index (χ1n) is 7.28. The van der Waals surface area contributed by atoms with Crippen LogP contribution in [0.25, 0.3) is 0 Å². The van der Waals surface area contributed by atoms with Crippen molar-refractivity contribution in [3.63, 3.8) is 0 Å². The van der Waals surface area contributed by atoms with Crippen molar-refractivity contribution in [2.75, 3.05) is 39.1 Å². The standard InChI is InChI=1S/C11H16N2.C3H9N.C2H6/c1-9-6-7-13(8-9)11-5-3-4-10(2)12-11;1-4(2)3;1-2/h3-5,9H,6-8H2,1-2H3;1-3H3;1-2H3. The maximum atomic E-state index is 4.52. The fourth-order valence-electron chi connectivity index (χ4n) is 1.85. The summed E-state index contributed by atoms with van der Waals surface area (Å²) < 4.78 is 0. The summed E-state index contributed by atoms with van der Waals surface area (Å²) in [4.78, 5) is 8.89. The highest BCUT2D eigenvalue weighted by Crippen LogP contribution is 2.21. The van der Waals surface area contributed by atoms with Crippen molar-refractivity contribution in [1.82, 2.24) is 9.88 Å². The van der Waals surface area contributed by atoms with Gasteiger partial charge >= 0.3 is 0 Å². The summed E-state index contributed by atoms with van der Waals surface area (Å²) in [7, 11) is 6.00. The lowest BCUT2D eigenvalue weighted by Gasteiger charge is -2.16. The number of rotatable bonds is 1. The zero-order valence-electron chi connectivity index (χ0n) is 13.8. The molecule has 0 N–H and O–H groups in total. The van der Waals surface area contributed by atoms with Gasteiger partial charge in [-0.25, -0.2) is 4.98 Å². The molecule has 2 heterocycles. The Labute approximate surface area is 119 Å². The molecule has 3 nitrogen and oxygen atoms in total. The molecule has 0 amide bonds. The van der Waals surface area contributed by atoms with E-state index in [1.54, 1.807) is 0 Å². The Morgan fingerprint density at radius 2 is 1.79 bits per heavy atom. The molecule has 1 aliphatic heterocycles. The molecule has 1 aromatic rings. The van der Waals surface area contributed by atoms with Crippen LogP contribution in [0.1, 0.15) is 32.9 Å². The van der Waals surface area contributed by atoms with Crippen molar-refractivity contribution in [2.24, 2.45) is 5.92 Å². The first-order valence-corrected chi connectivity index (χ1v) is 7.28. The van der Waals surface area contributed by atoms with Gasteiger partial charge in [0.15, 0.2) is 0 Å². The molecule has 110 valence electrons. The van der Waals surface area contributed by atoms with E-state index in [0.29, 0.717) is 0 Å². The SMILES string of the molecule is CC.CN(C)C.Cc1cccc(N2CCC(C)C2)n1. The Morgan fingerprint density at radius 3 is 2.21 bits per heavy atom. The van der Waals surface area contributed by atoms with E-state index in [4.69, 9.17) is 0 Å². The smallest absolute Gasteiger partial charge is 0.128 e. The van der Waals surface area contributed by atoms with E-state index >= 15 is 0 Å². The lowest BCUT2D eigenvalue weighted by Crippen LogP contribution is -2.20. The number of aromatic nitrogens is 1. The number of nitrogens with zero attached hydrogens (tertiary/aromatic N) is 3. The summed E-state index contributed by atoms with van der Waals surface area (Å²) in [5, 5.41) is 0. The van der Waals surface area contributed by atoms with Gasteiger partial charge < -0.3 is 9.80 Å². The van der Waals surface area contributed by atoms with Crippen LogP contribution in [0.5, 0.6) is 0 Å². The minimum Gasteiger partial charge on any atom is -0.356 e. The van der Waals surface area contributed by atoms with Crippen LogP contribution in [0.3, 0.4) is 0 Å². The molecule has 0 radical (unpaired) electrons. The molecule has 0 aromatic carbocycles. The number of pyridine rings is 1. The van der Waals surface area contributed by atoms with Gasteiger partial charge in [0.1, 0.15) is 5.82 Å². The minimum absolute atomic E-state index is 0.822. The van der Waals surface area contributed by atoms with Gasteiger partial charge in [0.25, 0.3) is 0 Å². The highest BCUT2D eigenvalue weighted by molar-refractivity contribution is 5.40. The highest BCUT2D eigenvalue weighted by atomic mass is 15.2. The van der Waals surface area contributed by atoms with Gasteiger partial charge in [-0.3, -0.25) is 0 Å². The predicted molar refractivity (Wildman–Crippen MR) is 85.9 cm³/mol. The fourth-order valence-corrected chi connectivity index (χ4v) is 1.85. The second kappa shape index (κ2) is 9.79. The van der Waals surface area contributed by atoms with Gasteiger partial charge in [-0.15, -0.1) is 0 Å². The molecule has 0 bridgehead atoms. The van der Waals surface area contributed by atoms with Crippen LogP contribution in [0.2, 0.25) is 0 Å². The molecule has 3 heteroatoms. The Bertz CT molecular complexity index is 334. The molecule has 19 heavy (non-hydrogen) atoms. The van der Waals surface area contributed by atoms with Crippen LogP contribution in [-0.4, -0.2) is 44.1 Å². The third-order valence-electron chi connectivity index (χ3n) is 2.62. The number of hydrogen-bond acceptors (Lipinski definition) is 3. The van der Waals surface area contributed by atoms with Crippen molar-refractivity contribution in [3.8, 4) is 0 Å². The van der Waals surface area contributed by atoms with Gasteiger partial charge in [-0.2, -0.15) is 0 Å². The third kappa shape index (κ3) is 7.83. The van der Waals surface area contributed by atoms with E-state index in [9.17, 15) is 0 Å². The van der Waals surface area contributed by atoms with Crippen molar-refractivity contribution in [3.05, 3.63) is 23.9 Å². The molecule has 1 atom stereocenters. The maximum Gasteiger partial charge on any atom is 0.128 e. The monoisotopic (exact) mass is 265 g/mol. The molecule has 0 aliphatic carbocycles. The third-order valence-corrected chi connectivity index (χ3v) is 2.62. The second-order valence-electron chi connectivity index (χ2n) is 5.32. The van der Waals surface area contributed by atoms with Crippen LogP contribution < -0.4 is 4.90 Å². The molecule has 1 fully saturated rings. The highest BCUT2D eigenvalue weighted by Gasteiger charge is 2.19. The van der Waals surface area contributed by atoms with Crippen molar-refractivity contribution < 1.29 is 0 Å². The molecule has 0 saturated carbocycles. The van der Waals surface area contributed by atoms with Gasteiger partial charge in [0.05, 0.1) is 0 Å².